The Labute approximate surface area is 131 Å². The van der Waals surface area contributed by atoms with Gasteiger partial charge in [0.05, 0.1) is 13.7 Å². The van der Waals surface area contributed by atoms with E-state index in [1.54, 1.807) is 12.1 Å². The molecule has 0 unspecified atom stereocenters. The lowest BCUT2D eigenvalue weighted by Crippen LogP contribution is -2.40. The van der Waals surface area contributed by atoms with Crippen molar-refractivity contribution in [1.29, 1.82) is 0 Å². The quantitative estimate of drug-likeness (QED) is 0.476. The van der Waals surface area contributed by atoms with E-state index in [1.165, 1.54) is 12.2 Å². The Bertz CT molecular complexity index is 599. The highest BCUT2D eigenvalue weighted by molar-refractivity contribution is 6.14. The molecule has 4 heteroatoms. The van der Waals surface area contributed by atoms with E-state index in [1.807, 2.05) is 39.0 Å². The van der Waals surface area contributed by atoms with Crippen LogP contribution in [0.3, 0.4) is 0 Å². The van der Waals surface area contributed by atoms with Gasteiger partial charge in [0.1, 0.15) is 5.41 Å². The molecule has 1 aromatic carbocycles. The van der Waals surface area contributed by atoms with Crippen LogP contribution in [0.5, 0.6) is 0 Å². The van der Waals surface area contributed by atoms with Gasteiger partial charge in [-0.25, -0.2) is 5.06 Å². The summed E-state index contributed by atoms with van der Waals surface area (Å²) >= 11 is 0. The van der Waals surface area contributed by atoms with Crippen LogP contribution in [0.2, 0.25) is 0 Å². The first-order valence-electron chi connectivity index (χ1n) is 7.51. The molecule has 1 heterocycles. The molecule has 2 rings (SSSR count). The van der Waals surface area contributed by atoms with E-state index in [9.17, 15) is 9.59 Å². The number of hydrogen-bond donors (Lipinski definition) is 0. The summed E-state index contributed by atoms with van der Waals surface area (Å²) in [6.45, 7) is 6.36. The van der Waals surface area contributed by atoms with Crippen molar-refractivity contribution in [3.05, 3.63) is 47.0 Å². The molecule has 4 nitrogen and oxygen atoms in total. The minimum absolute atomic E-state index is 0.116. The average molecular weight is 301 g/mol. The summed E-state index contributed by atoms with van der Waals surface area (Å²) in [6, 6.07) is 7.39. The Morgan fingerprint density at radius 2 is 1.95 bits per heavy atom. The van der Waals surface area contributed by atoms with Gasteiger partial charge in [-0.15, -0.1) is 0 Å². The summed E-state index contributed by atoms with van der Waals surface area (Å²) in [5, 5.41) is 1.30. The Hall–Kier alpha value is -1.94. The van der Waals surface area contributed by atoms with Crippen molar-refractivity contribution in [1.82, 2.24) is 5.06 Å². The van der Waals surface area contributed by atoms with Crippen molar-refractivity contribution >= 4 is 11.7 Å². The van der Waals surface area contributed by atoms with Crippen LogP contribution < -0.4 is 0 Å². The van der Waals surface area contributed by atoms with Gasteiger partial charge in [0.15, 0.2) is 5.78 Å². The molecule has 0 saturated carbocycles. The Kier molecular flexibility index (Phi) is 4.81. The molecular formula is C18H23NO3. The second-order valence-electron chi connectivity index (χ2n) is 6.10. The topological polar surface area (TPSA) is 46.6 Å². The second kappa shape index (κ2) is 6.44. The number of hydroxylamine groups is 2. The molecule has 1 aromatic rings. The molecule has 0 spiro atoms. The number of ketones is 1. The van der Waals surface area contributed by atoms with Crippen LogP contribution in [-0.2, 0) is 9.63 Å². The number of allylic oxidation sites excluding steroid dienone is 2. The molecule has 22 heavy (non-hydrogen) atoms. The van der Waals surface area contributed by atoms with Crippen molar-refractivity contribution in [3.63, 3.8) is 0 Å². The number of amides is 1. The van der Waals surface area contributed by atoms with Gasteiger partial charge in [-0.3, -0.25) is 14.4 Å². The van der Waals surface area contributed by atoms with E-state index in [2.05, 4.69) is 0 Å². The molecular weight excluding hydrogens is 278 g/mol. The number of aryl methyl sites for hydroxylation is 1. The fourth-order valence-electron chi connectivity index (χ4n) is 2.77. The smallest absolute Gasteiger partial charge is 0.260 e. The SMILES string of the molecule is CON1CC[C@@](CC=C(C)C)(C(=O)c2ccc(C)cc2)C1=O. The first kappa shape index (κ1) is 16.4. The second-order valence-corrected chi connectivity index (χ2v) is 6.10. The number of Topliss-reactive ketones (excluding diaryl/α,β-unsaturated/α-hetero) is 1. The molecule has 0 aromatic heterocycles. The zero-order valence-corrected chi connectivity index (χ0v) is 13.7. The number of carbonyl (C=O) groups excluding carboxylic acids is 2. The van der Waals surface area contributed by atoms with Gasteiger partial charge in [0, 0.05) is 5.56 Å². The summed E-state index contributed by atoms with van der Waals surface area (Å²) in [7, 11) is 1.46. The lowest BCUT2D eigenvalue weighted by molar-refractivity contribution is -0.171. The number of rotatable bonds is 5. The third-order valence-corrected chi connectivity index (χ3v) is 4.21. The van der Waals surface area contributed by atoms with Crippen LogP contribution in [0.25, 0.3) is 0 Å². The third-order valence-electron chi connectivity index (χ3n) is 4.21. The highest BCUT2D eigenvalue weighted by Crippen LogP contribution is 2.39. The number of hydrogen-bond acceptors (Lipinski definition) is 3. The van der Waals surface area contributed by atoms with Crippen molar-refractivity contribution in [2.24, 2.45) is 5.41 Å². The maximum absolute atomic E-state index is 13.0. The van der Waals surface area contributed by atoms with E-state index >= 15 is 0 Å². The summed E-state index contributed by atoms with van der Waals surface area (Å²) in [6.07, 6.45) is 2.86. The van der Waals surface area contributed by atoms with Gasteiger partial charge < -0.3 is 0 Å². The Morgan fingerprint density at radius 3 is 2.45 bits per heavy atom. The molecule has 1 atom stereocenters. The zero-order valence-electron chi connectivity index (χ0n) is 13.7. The van der Waals surface area contributed by atoms with Gasteiger partial charge in [-0.1, -0.05) is 41.5 Å². The highest BCUT2D eigenvalue weighted by Gasteiger charge is 2.52. The van der Waals surface area contributed by atoms with Crippen LogP contribution in [0.4, 0.5) is 0 Å². The average Bonchev–Trinajstić information content (AvgIpc) is 2.82. The van der Waals surface area contributed by atoms with Gasteiger partial charge in [-0.05, 0) is 33.6 Å². The van der Waals surface area contributed by atoms with E-state index in [0.717, 1.165) is 11.1 Å². The molecule has 118 valence electrons. The summed E-state index contributed by atoms with van der Waals surface area (Å²) in [4.78, 5) is 30.8. The van der Waals surface area contributed by atoms with Crippen LogP contribution in [0.15, 0.2) is 35.9 Å². The van der Waals surface area contributed by atoms with Crippen molar-refractivity contribution in [2.45, 2.75) is 33.6 Å². The minimum atomic E-state index is -1.04. The first-order chi connectivity index (χ1) is 10.4. The van der Waals surface area contributed by atoms with Crippen LogP contribution >= 0.6 is 0 Å². The van der Waals surface area contributed by atoms with Crippen LogP contribution in [0, 0.1) is 12.3 Å². The number of carbonyl (C=O) groups is 2. The molecule has 0 bridgehead atoms. The lowest BCUT2D eigenvalue weighted by atomic mass is 9.75. The minimum Gasteiger partial charge on any atom is -0.293 e. The summed E-state index contributed by atoms with van der Waals surface area (Å²) in [5.74, 6) is -0.354. The van der Waals surface area contributed by atoms with Crippen molar-refractivity contribution < 1.29 is 14.4 Å². The lowest BCUT2D eigenvalue weighted by Gasteiger charge is -2.25. The monoisotopic (exact) mass is 301 g/mol. The molecule has 1 aliphatic rings. The fraction of sp³-hybridized carbons (Fsp3) is 0.444. The molecule has 1 saturated heterocycles. The van der Waals surface area contributed by atoms with Crippen molar-refractivity contribution in [3.8, 4) is 0 Å². The molecule has 1 fully saturated rings. The summed E-state index contributed by atoms with van der Waals surface area (Å²) in [5.41, 5.74) is 1.73. The molecule has 1 aliphatic heterocycles. The van der Waals surface area contributed by atoms with E-state index < -0.39 is 5.41 Å². The van der Waals surface area contributed by atoms with E-state index in [-0.39, 0.29) is 11.7 Å². The molecule has 0 N–H and O–H groups in total. The predicted octanol–water partition coefficient (Wildman–Crippen LogP) is 3.31. The van der Waals surface area contributed by atoms with Crippen LogP contribution in [-0.4, -0.2) is 30.4 Å². The third kappa shape index (κ3) is 2.97. The van der Waals surface area contributed by atoms with Crippen molar-refractivity contribution in [2.75, 3.05) is 13.7 Å². The van der Waals surface area contributed by atoms with E-state index in [4.69, 9.17) is 4.84 Å². The standard InChI is InChI=1S/C18H23NO3/c1-13(2)9-10-18(11-12-19(22-4)17(18)21)16(20)15-7-5-14(3)6-8-15/h5-9H,10-12H2,1-4H3/t18-/m0/s1. The largest absolute Gasteiger partial charge is 0.293 e. The highest BCUT2D eigenvalue weighted by atomic mass is 16.7. The number of nitrogens with zero attached hydrogens (tertiary/aromatic N) is 1. The van der Waals surface area contributed by atoms with Gasteiger partial charge in [-0.2, -0.15) is 0 Å². The Morgan fingerprint density at radius 1 is 1.32 bits per heavy atom. The van der Waals surface area contributed by atoms with Gasteiger partial charge >= 0.3 is 0 Å². The molecule has 0 aliphatic carbocycles. The predicted molar refractivity (Wildman–Crippen MR) is 85.3 cm³/mol. The van der Waals surface area contributed by atoms with Crippen LogP contribution in [0.1, 0.15) is 42.6 Å². The first-order valence-corrected chi connectivity index (χ1v) is 7.51. The Balaban J connectivity index is 2.40. The zero-order chi connectivity index (χ0) is 16.3. The van der Waals surface area contributed by atoms with E-state index in [0.29, 0.717) is 24.9 Å². The maximum atomic E-state index is 13.0. The van der Waals surface area contributed by atoms with Gasteiger partial charge in [0.25, 0.3) is 5.91 Å². The maximum Gasteiger partial charge on any atom is 0.260 e. The molecule has 1 amide bonds. The number of benzene rings is 1. The van der Waals surface area contributed by atoms with Gasteiger partial charge in [0.2, 0.25) is 0 Å². The fourth-order valence-corrected chi connectivity index (χ4v) is 2.77. The summed E-state index contributed by atoms with van der Waals surface area (Å²) < 4.78 is 0. The normalized spacial score (nSPS) is 21.1. The molecule has 0 radical (unpaired) electrons.